The molecule has 0 saturated carbocycles. The van der Waals surface area contributed by atoms with Crippen molar-refractivity contribution in [1.29, 1.82) is 0 Å². The van der Waals surface area contributed by atoms with Crippen LogP contribution in [0.2, 0.25) is 0 Å². The fraction of sp³-hybridized carbons (Fsp3) is 0.429. The first-order chi connectivity index (χ1) is 8.79. The molecular weight excluding hydrogens is 244 g/mol. The molecule has 1 aromatic carbocycles. The van der Waals surface area contributed by atoms with Crippen LogP contribution in [0.25, 0.3) is 0 Å². The van der Waals surface area contributed by atoms with Gasteiger partial charge in [-0.05, 0) is 26.3 Å². The third kappa shape index (κ3) is 5.52. The summed E-state index contributed by atoms with van der Waals surface area (Å²) >= 11 is 0. The summed E-state index contributed by atoms with van der Waals surface area (Å²) < 4.78 is 5.08. The molecule has 0 radical (unpaired) electrons. The zero-order valence-corrected chi connectivity index (χ0v) is 11.5. The zero-order valence-electron chi connectivity index (χ0n) is 11.5. The largest absolute Gasteiger partial charge is 0.459 e. The number of nitrogens with two attached hydrogens (primary N) is 1. The molecule has 0 aliphatic rings. The Bertz CT molecular complexity index is 438. The van der Waals surface area contributed by atoms with Gasteiger partial charge >= 0.3 is 5.97 Å². The van der Waals surface area contributed by atoms with E-state index in [2.05, 4.69) is 5.32 Å². The number of amides is 1. The number of rotatable bonds is 4. The summed E-state index contributed by atoms with van der Waals surface area (Å²) in [5, 5.41) is 2.46. The first kappa shape index (κ1) is 15.2. The fourth-order valence-corrected chi connectivity index (χ4v) is 1.46. The SMILES string of the molecule is CC(C)(C)OC(=O)CNC(=O)C(N)c1ccccc1. The van der Waals surface area contributed by atoms with Crippen LogP contribution in [-0.4, -0.2) is 24.0 Å². The van der Waals surface area contributed by atoms with Crippen LogP contribution in [-0.2, 0) is 14.3 Å². The molecule has 1 amide bonds. The second kappa shape index (κ2) is 6.33. The van der Waals surface area contributed by atoms with Gasteiger partial charge in [0, 0.05) is 0 Å². The predicted octanol–water partition coefficient (Wildman–Crippen LogP) is 1.14. The molecule has 0 spiro atoms. The number of carbonyl (C=O) groups is 2. The highest BCUT2D eigenvalue weighted by Gasteiger charge is 2.19. The summed E-state index contributed by atoms with van der Waals surface area (Å²) in [7, 11) is 0. The van der Waals surface area contributed by atoms with Crippen LogP contribution in [0.5, 0.6) is 0 Å². The maximum atomic E-state index is 11.8. The zero-order chi connectivity index (χ0) is 14.5. The lowest BCUT2D eigenvalue weighted by Gasteiger charge is -2.20. The Balaban J connectivity index is 2.46. The lowest BCUT2D eigenvalue weighted by Crippen LogP contribution is -2.39. The van der Waals surface area contributed by atoms with Crippen molar-refractivity contribution in [3.05, 3.63) is 35.9 Å². The van der Waals surface area contributed by atoms with Crippen molar-refractivity contribution >= 4 is 11.9 Å². The van der Waals surface area contributed by atoms with Crippen molar-refractivity contribution in [2.45, 2.75) is 32.4 Å². The Morgan fingerprint density at radius 2 is 1.84 bits per heavy atom. The molecule has 0 bridgehead atoms. The van der Waals surface area contributed by atoms with E-state index in [0.717, 1.165) is 0 Å². The lowest BCUT2D eigenvalue weighted by atomic mass is 10.1. The first-order valence-corrected chi connectivity index (χ1v) is 6.09. The van der Waals surface area contributed by atoms with Crippen molar-refractivity contribution in [2.75, 3.05) is 6.54 Å². The quantitative estimate of drug-likeness (QED) is 0.799. The summed E-state index contributed by atoms with van der Waals surface area (Å²) in [6.07, 6.45) is 0. The smallest absolute Gasteiger partial charge is 0.325 e. The molecule has 5 heteroatoms. The fourth-order valence-electron chi connectivity index (χ4n) is 1.46. The van der Waals surface area contributed by atoms with Gasteiger partial charge in [-0.2, -0.15) is 0 Å². The molecule has 5 nitrogen and oxygen atoms in total. The summed E-state index contributed by atoms with van der Waals surface area (Å²) in [4.78, 5) is 23.2. The predicted molar refractivity (Wildman–Crippen MR) is 72.2 cm³/mol. The Labute approximate surface area is 113 Å². The van der Waals surface area contributed by atoms with Gasteiger partial charge in [-0.25, -0.2) is 0 Å². The van der Waals surface area contributed by atoms with E-state index >= 15 is 0 Å². The van der Waals surface area contributed by atoms with E-state index in [4.69, 9.17) is 10.5 Å². The second-order valence-electron chi connectivity index (χ2n) is 5.19. The Morgan fingerprint density at radius 3 is 2.37 bits per heavy atom. The molecule has 0 saturated heterocycles. The highest BCUT2D eigenvalue weighted by Crippen LogP contribution is 2.09. The molecular formula is C14H20N2O3. The van der Waals surface area contributed by atoms with Crippen molar-refractivity contribution in [1.82, 2.24) is 5.32 Å². The van der Waals surface area contributed by atoms with Crippen LogP contribution in [0.3, 0.4) is 0 Å². The Kier molecular flexibility index (Phi) is 5.06. The average Bonchev–Trinajstić information content (AvgIpc) is 2.34. The highest BCUT2D eigenvalue weighted by molar-refractivity contribution is 5.86. The Morgan fingerprint density at radius 1 is 1.26 bits per heavy atom. The van der Waals surface area contributed by atoms with E-state index in [9.17, 15) is 9.59 Å². The first-order valence-electron chi connectivity index (χ1n) is 6.09. The summed E-state index contributed by atoms with van der Waals surface area (Å²) in [6, 6.07) is 8.18. The molecule has 0 aromatic heterocycles. The van der Waals surface area contributed by atoms with Gasteiger partial charge in [0.1, 0.15) is 18.2 Å². The minimum atomic E-state index is -0.788. The third-order valence-corrected chi connectivity index (χ3v) is 2.27. The van der Waals surface area contributed by atoms with E-state index in [1.54, 1.807) is 45.0 Å². The van der Waals surface area contributed by atoms with Crippen molar-refractivity contribution in [3.63, 3.8) is 0 Å². The monoisotopic (exact) mass is 264 g/mol. The average molecular weight is 264 g/mol. The van der Waals surface area contributed by atoms with Crippen LogP contribution in [0.4, 0.5) is 0 Å². The number of esters is 1. The van der Waals surface area contributed by atoms with Gasteiger partial charge in [-0.15, -0.1) is 0 Å². The molecule has 3 N–H and O–H groups in total. The number of nitrogens with one attached hydrogen (secondary N) is 1. The molecule has 1 unspecified atom stereocenters. The molecule has 1 rings (SSSR count). The van der Waals surface area contributed by atoms with E-state index in [1.165, 1.54) is 0 Å². The molecule has 104 valence electrons. The number of ether oxygens (including phenoxy) is 1. The topological polar surface area (TPSA) is 81.4 Å². The molecule has 19 heavy (non-hydrogen) atoms. The van der Waals surface area contributed by atoms with Crippen LogP contribution in [0.1, 0.15) is 32.4 Å². The maximum Gasteiger partial charge on any atom is 0.325 e. The van der Waals surface area contributed by atoms with Gasteiger partial charge in [0.05, 0.1) is 0 Å². The summed E-state index contributed by atoms with van der Waals surface area (Å²) in [5.74, 6) is -0.891. The standard InChI is InChI=1S/C14H20N2O3/c1-14(2,3)19-11(17)9-16-13(18)12(15)10-7-5-4-6-8-10/h4-8,12H,9,15H2,1-3H3,(H,16,18). The Hall–Kier alpha value is -1.88. The molecule has 0 aliphatic heterocycles. The van der Waals surface area contributed by atoms with Gasteiger partial charge in [0.25, 0.3) is 0 Å². The van der Waals surface area contributed by atoms with Crippen molar-refractivity contribution in [3.8, 4) is 0 Å². The number of benzene rings is 1. The second-order valence-corrected chi connectivity index (χ2v) is 5.19. The van der Waals surface area contributed by atoms with E-state index in [1.807, 2.05) is 6.07 Å². The third-order valence-electron chi connectivity index (χ3n) is 2.27. The van der Waals surface area contributed by atoms with E-state index in [-0.39, 0.29) is 6.54 Å². The van der Waals surface area contributed by atoms with Gasteiger partial charge in [0.2, 0.25) is 5.91 Å². The normalized spacial score (nSPS) is 12.6. The molecule has 0 heterocycles. The molecule has 1 atom stereocenters. The minimum Gasteiger partial charge on any atom is -0.459 e. The van der Waals surface area contributed by atoms with E-state index in [0.29, 0.717) is 5.56 Å². The van der Waals surface area contributed by atoms with Crippen LogP contribution in [0.15, 0.2) is 30.3 Å². The van der Waals surface area contributed by atoms with Crippen LogP contribution >= 0.6 is 0 Å². The minimum absolute atomic E-state index is 0.184. The number of carbonyl (C=O) groups excluding carboxylic acids is 2. The van der Waals surface area contributed by atoms with Gasteiger partial charge < -0.3 is 15.8 Å². The van der Waals surface area contributed by atoms with Gasteiger partial charge in [-0.1, -0.05) is 30.3 Å². The summed E-state index contributed by atoms with van der Waals surface area (Å²) in [6.45, 7) is 5.11. The lowest BCUT2D eigenvalue weighted by molar-refractivity contribution is -0.154. The molecule has 1 aromatic rings. The van der Waals surface area contributed by atoms with Crippen molar-refractivity contribution in [2.24, 2.45) is 5.73 Å². The molecule has 0 aliphatic carbocycles. The number of hydrogen-bond donors (Lipinski definition) is 2. The molecule has 0 fully saturated rings. The van der Waals surface area contributed by atoms with Crippen LogP contribution in [0, 0.1) is 0 Å². The van der Waals surface area contributed by atoms with Crippen molar-refractivity contribution < 1.29 is 14.3 Å². The van der Waals surface area contributed by atoms with Crippen LogP contribution < -0.4 is 11.1 Å². The van der Waals surface area contributed by atoms with Gasteiger partial charge in [0.15, 0.2) is 0 Å². The number of hydrogen-bond acceptors (Lipinski definition) is 4. The highest BCUT2D eigenvalue weighted by atomic mass is 16.6. The van der Waals surface area contributed by atoms with Gasteiger partial charge in [-0.3, -0.25) is 9.59 Å². The maximum absolute atomic E-state index is 11.8. The van der Waals surface area contributed by atoms with E-state index < -0.39 is 23.5 Å². The summed E-state index contributed by atoms with van der Waals surface area (Å²) in [5.41, 5.74) is 5.92.